The zero-order valence-electron chi connectivity index (χ0n) is 11.5. The summed E-state index contributed by atoms with van der Waals surface area (Å²) < 4.78 is 26.3. The van der Waals surface area contributed by atoms with Crippen molar-refractivity contribution in [3.05, 3.63) is 35.4 Å². The zero-order valence-corrected chi connectivity index (χ0v) is 11.5. The molecule has 0 unspecified atom stereocenters. The van der Waals surface area contributed by atoms with Gasteiger partial charge in [0.05, 0.1) is 0 Å². The van der Waals surface area contributed by atoms with Crippen molar-refractivity contribution in [3.8, 4) is 0 Å². The lowest BCUT2D eigenvalue weighted by Gasteiger charge is -2.28. The van der Waals surface area contributed by atoms with E-state index < -0.39 is 17.5 Å². The van der Waals surface area contributed by atoms with Crippen molar-refractivity contribution in [1.29, 1.82) is 0 Å². The van der Waals surface area contributed by atoms with Gasteiger partial charge in [0.2, 0.25) is 0 Å². The van der Waals surface area contributed by atoms with Crippen molar-refractivity contribution in [2.45, 2.75) is 38.6 Å². The Morgan fingerprint density at radius 1 is 1.20 bits per heavy atom. The summed E-state index contributed by atoms with van der Waals surface area (Å²) in [5.41, 5.74) is 0.0532. The molecule has 2 fully saturated rings. The van der Waals surface area contributed by atoms with Gasteiger partial charge in [-0.05, 0) is 56.1 Å². The molecule has 2 saturated carbocycles. The van der Waals surface area contributed by atoms with Crippen LogP contribution in [0.2, 0.25) is 0 Å². The van der Waals surface area contributed by atoms with Gasteiger partial charge in [0, 0.05) is 17.7 Å². The SMILES string of the molecule is C[C@H](NC(=O)c1cc(F)cc(F)c1)[C@@H]1C[C@H]2CC[C@H]1C2. The lowest BCUT2D eigenvalue weighted by molar-refractivity contribution is 0.0914. The fourth-order valence-corrected chi connectivity index (χ4v) is 3.99. The topological polar surface area (TPSA) is 29.1 Å². The molecule has 1 amide bonds. The molecule has 0 aliphatic heterocycles. The summed E-state index contributed by atoms with van der Waals surface area (Å²) in [6.45, 7) is 2.00. The normalized spacial score (nSPS) is 29.4. The maximum absolute atomic E-state index is 13.1. The maximum atomic E-state index is 13.1. The number of fused-ring (bicyclic) bond motifs is 2. The summed E-state index contributed by atoms with van der Waals surface area (Å²) in [5, 5.41) is 2.91. The predicted molar refractivity (Wildman–Crippen MR) is 72.2 cm³/mol. The highest BCUT2D eigenvalue weighted by Crippen LogP contribution is 2.49. The minimum Gasteiger partial charge on any atom is -0.349 e. The largest absolute Gasteiger partial charge is 0.349 e. The fourth-order valence-electron chi connectivity index (χ4n) is 3.99. The highest BCUT2D eigenvalue weighted by Gasteiger charge is 2.42. The Hall–Kier alpha value is -1.45. The van der Waals surface area contributed by atoms with Crippen LogP contribution in [0.1, 0.15) is 43.0 Å². The molecule has 2 aliphatic carbocycles. The summed E-state index contributed by atoms with van der Waals surface area (Å²) in [6.07, 6.45) is 5.02. The lowest BCUT2D eigenvalue weighted by Crippen LogP contribution is -2.40. The van der Waals surface area contributed by atoms with Gasteiger partial charge in [0.1, 0.15) is 11.6 Å². The number of rotatable bonds is 3. The molecule has 1 aromatic carbocycles. The molecule has 0 radical (unpaired) electrons. The van der Waals surface area contributed by atoms with Crippen LogP contribution in [0.4, 0.5) is 8.78 Å². The van der Waals surface area contributed by atoms with E-state index in [1.807, 2.05) is 6.92 Å². The van der Waals surface area contributed by atoms with Crippen LogP contribution in [0, 0.1) is 29.4 Å². The van der Waals surface area contributed by atoms with Crippen LogP contribution >= 0.6 is 0 Å². The third-order valence-corrected chi connectivity index (χ3v) is 4.92. The Labute approximate surface area is 117 Å². The number of hydrogen-bond donors (Lipinski definition) is 1. The summed E-state index contributed by atoms with van der Waals surface area (Å²) in [7, 11) is 0. The highest BCUT2D eigenvalue weighted by molar-refractivity contribution is 5.94. The highest BCUT2D eigenvalue weighted by atomic mass is 19.1. The van der Waals surface area contributed by atoms with Gasteiger partial charge in [-0.1, -0.05) is 6.42 Å². The Balaban J connectivity index is 1.66. The summed E-state index contributed by atoms with van der Waals surface area (Å²) in [5.74, 6) is 0.204. The molecule has 4 atom stereocenters. The average Bonchev–Trinajstić information content (AvgIpc) is 2.99. The van der Waals surface area contributed by atoms with Crippen LogP contribution in [0.3, 0.4) is 0 Å². The first kappa shape index (κ1) is 13.5. The van der Waals surface area contributed by atoms with E-state index in [-0.39, 0.29) is 11.6 Å². The van der Waals surface area contributed by atoms with Crippen molar-refractivity contribution in [3.63, 3.8) is 0 Å². The van der Waals surface area contributed by atoms with Gasteiger partial charge in [-0.25, -0.2) is 8.78 Å². The molecule has 2 aliphatic rings. The van der Waals surface area contributed by atoms with Crippen LogP contribution in [-0.2, 0) is 0 Å². The van der Waals surface area contributed by atoms with Crippen LogP contribution in [-0.4, -0.2) is 11.9 Å². The van der Waals surface area contributed by atoms with Gasteiger partial charge in [-0.3, -0.25) is 4.79 Å². The number of amides is 1. The van der Waals surface area contributed by atoms with Crippen molar-refractivity contribution in [2.24, 2.45) is 17.8 Å². The first-order valence-electron chi connectivity index (χ1n) is 7.30. The van der Waals surface area contributed by atoms with Gasteiger partial charge in [-0.15, -0.1) is 0 Å². The Kier molecular flexibility index (Phi) is 3.48. The van der Waals surface area contributed by atoms with Crippen LogP contribution in [0.5, 0.6) is 0 Å². The number of benzene rings is 1. The van der Waals surface area contributed by atoms with E-state index in [2.05, 4.69) is 5.32 Å². The molecule has 1 aromatic rings. The van der Waals surface area contributed by atoms with Crippen LogP contribution in [0.25, 0.3) is 0 Å². The molecule has 0 saturated heterocycles. The summed E-state index contributed by atoms with van der Waals surface area (Å²) >= 11 is 0. The standard InChI is InChI=1S/C16H19F2NO/c1-9(15-5-10-2-3-11(15)4-10)19-16(20)12-6-13(17)8-14(18)7-12/h6-11,15H,2-5H2,1H3,(H,19,20)/t9-,10-,11-,15-/m0/s1. The van der Waals surface area contributed by atoms with Crippen LogP contribution in [0.15, 0.2) is 18.2 Å². The molecule has 1 N–H and O–H groups in total. The van der Waals surface area contributed by atoms with Crippen molar-refractivity contribution >= 4 is 5.91 Å². The Bertz CT molecular complexity index is 511. The lowest BCUT2D eigenvalue weighted by atomic mass is 9.84. The second kappa shape index (κ2) is 5.15. The molecular formula is C16H19F2NO. The Morgan fingerprint density at radius 3 is 2.45 bits per heavy atom. The maximum Gasteiger partial charge on any atom is 0.251 e. The molecular weight excluding hydrogens is 260 g/mol. The number of halogens is 2. The number of carbonyl (C=O) groups is 1. The van der Waals surface area contributed by atoms with Crippen molar-refractivity contribution in [1.82, 2.24) is 5.32 Å². The molecule has 2 bridgehead atoms. The van der Waals surface area contributed by atoms with E-state index in [9.17, 15) is 13.6 Å². The minimum atomic E-state index is -0.720. The number of nitrogens with one attached hydrogen (secondary N) is 1. The molecule has 2 nitrogen and oxygen atoms in total. The van der Waals surface area contributed by atoms with Gasteiger partial charge in [0.25, 0.3) is 5.91 Å². The second-order valence-electron chi connectivity index (χ2n) is 6.26. The summed E-state index contributed by atoms with van der Waals surface area (Å²) in [6, 6.07) is 2.98. The molecule has 20 heavy (non-hydrogen) atoms. The molecule has 0 spiro atoms. The fraction of sp³-hybridized carbons (Fsp3) is 0.562. The monoisotopic (exact) mass is 279 g/mol. The molecule has 3 rings (SSSR count). The number of carbonyl (C=O) groups excluding carboxylic acids is 1. The molecule has 4 heteroatoms. The first-order chi connectivity index (χ1) is 9.52. The smallest absolute Gasteiger partial charge is 0.251 e. The van der Waals surface area contributed by atoms with Gasteiger partial charge in [0.15, 0.2) is 0 Å². The van der Waals surface area contributed by atoms with E-state index in [0.717, 1.165) is 24.1 Å². The first-order valence-corrected chi connectivity index (χ1v) is 7.30. The van der Waals surface area contributed by atoms with Gasteiger partial charge >= 0.3 is 0 Å². The number of hydrogen-bond acceptors (Lipinski definition) is 1. The van der Waals surface area contributed by atoms with E-state index in [1.165, 1.54) is 25.7 Å². The third-order valence-electron chi connectivity index (χ3n) is 4.92. The molecule has 0 aromatic heterocycles. The molecule has 108 valence electrons. The third kappa shape index (κ3) is 2.56. The molecule has 0 heterocycles. The van der Waals surface area contributed by atoms with E-state index >= 15 is 0 Å². The Morgan fingerprint density at radius 2 is 1.90 bits per heavy atom. The van der Waals surface area contributed by atoms with Crippen molar-refractivity contribution < 1.29 is 13.6 Å². The predicted octanol–water partition coefficient (Wildman–Crippen LogP) is 3.52. The van der Waals surface area contributed by atoms with E-state index in [4.69, 9.17) is 0 Å². The minimum absolute atomic E-state index is 0.0532. The zero-order chi connectivity index (χ0) is 14.3. The van der Waals surface area contributed by atoms with Gasteiger partial charge < -0.3 is 5.32 Å². The second-order valence-corrected chi connectivity index (χ2v) is 6.26. The quantitative estimate of drug-likeness (QED) is 0.901. The average molecular weight is 279 g/mol. The van der Waals surface area contributed by atoms with Gasteiger partial charge in [-0.2, -0.15) is 0 Å². The van der Waals surface area contributed by atoms with Crippen LogP contribution < -0.4 is 5.32 Å². The van der Waals surface area contributed by atoms with E-state index in [0.29, 0.717) is 11.8 Å². The summed E-state index contributed by atoms with van der Waals surface area (Å²) in [4.78, 5) is 12.1. The van der Waals surface area contributed by atoms with Crippen molar-refractivity contribution in [2.75, 3.05) is 0 Å². The van der Waals surface area contributed by atoms with E-state index in [1.54, 1.807) is 0 Å².